The second kappa shape index (κ2) is 10.0. The summed E-state index contributed by atoms with van der Waals surface area (Å²) >= 11 is 6.12. The molecule has 0 heterocycles. The van der Waals surface area contributed by atoms with Crippen LogP contribution >= 0.6 is 11.6 Å². The van der Waals surface area contributed by atoms with Crippen LogP contribution in [0.5, 0.6) is 5.75 Å². The first kappa shape index (κ1) is 22.4. The number of hydrogen-bond donors (Lipinski definition) is 3. The first-order valence-electron chi connectivity index (χ1n) is 9.13. The number of carbonyl (C=O) groups excluding carboxylic acids is 1. The zero-order valence-corrected chi connectivity index (χ0v) is 17.8. The van der Waals surface area contributed by atoms with Crippen LogP contribution in [0.25, 0.3) is 0 Å². The number of nitrogens with two attached hydrogens (primary N) is 1. The highest BCUT2D eigenvalue weighted by Gasteiger charge is 2.20. The number of amides is 1. The molecule has 1 unspecified atom stereocenters. The van der Waals surface area contributed by atoms with Crippen molar-refractivity contribution in [1.29, 1.82) is 0 Å². The first-order chi connectivity index (χ1) is 13.7. The van der Waals surface area contributed by atoms with Crippen LogP contribution in [0.4, 0.5) is 10.5 Å². The van der Waals surface area contributed by atoms with Crippen LogP contribution in [-0.4, -0.2) is 31.3 Å². The Bertz CT molecular complexity index is 851. The molecule has 4 N–H and O–H groups in total. The van der Waals surface area contributed by atoms with Gasteiger partial charge in [0.15, 0.2) is 5.96 Å². The van der Waals surface area contributed by atoms with Crippen LogP contribution in [0.3, 0.4) is 0 Å². The molecule has 0 saturated carbocycles. The van der Waals surface area contributed by atoms with Gasteiger partial charge in [-0.1, -0.05) is 41.9 Å². The van der Waals surface area contributed by atoms with Crippen LogP contribution in [0.1, 0.15) is 32.4 Å². The Hall–Kier alpha value is -2.93. The molecular weight excluding hydrogens is 392 g/mol. The largest absolute Gasteiger partial charge is 0.495 e. The number of nitrogens with zero attached hydrogens (tertiary/aromatic N) is 1. The lowest BCUT2D eigenvalue weighted by atomic mass is 10.1. The number of anilines is 1. The Morgan fingerprint density at radius 2 is 1.90 bits per heavy atom. The van der Waals surface area contributed by atoms with Crippen LogP contribution in [0.2, 0.25) is 5.02 Å². The summed E-state index contributed by atoms with van der Waals surface area (Å²) in [6, 6.07) is 14.3. The molecule has 8 heteroatoms. The third-order valence-electron chi connectivity index (χ3n) is 3.76. The number of hydrogen-bond acceptors (Lipinski definition) is 4. The Morgan fingerprint density at radius 3 is 2.48 bits per heavy atom. The molecule has 0 bridgehead atoms. The molecule has 2 aromatic carbocycles. The summed E-state index contributed by atoms with van der Waals surface area (Å²) in [5.41, 5.74) is 6.98. The Kier molecular flexibility index (Phi) is 7.73. The third kappa shape index (κ3) is 7.54. The molecule has 7 nitrogen and oxygen atoms in total. The van der Waals surface area contributed by atoms with Gasteiger partial charge in [-0.25, -0.2) is 4.79 Å². The minimum absolute atomic E-state index is 0.193. The number of rotatable bonds is 6. The SMILES string of the molecule is COc1ccc(NC(N)=NCC(NC(=O)OC(C)(C)C)c2ccccc2)cc1Cl. The Balaban J connectivity index is 2.09. The van der Waals surface area contributed by atoms with Gasteiger partial charge in [0.25, 0.3) is 0 Å². The van der Waals surface area contributed by atoms with Crippen molar-refractivity contribution in [2.75, 3.05) is 19.0 Å². The van der Waals surface area contributed by atoms with Gasteiger partial charge in [-0.3, -0.25) is 4.99 Å². The Morgan fingerprint density at radius 1 is 1.21 bits per heavy atom. The summed E-state index contributed by atoms with van der Waals surface area (Å²) in [5, 5.41) is 6.28. The van der Waals surface area contributed by atoms with E-state index in [0.717, 1.165) is 5.56 Å². The highest BCUT2D eigenvalue weighted by molar-refractivity contribution is 6.32. The predicted octanol–water partition coefficient (Wildman–Crippen LogP) is 4.34. The number of alkyl carbamates (subject to hydrolysis) is 1. The van der Waals surface area contributed by atoms with Gasteiger partial charge in [0.1, 0.15) is 11.4 Å². The number of halogens is 1. The molecule has 0 radical (unpaired) electrons. The smallest absolute Gasteiger partial charge is 0.408 e. The second-order valence-corrected chi connectivity index (χ2v) is 7.72. The van der Waals surface area contributed by atoms with E-state index in [2.05, 4.69) is 15.6 Å². The summed E-state index contributed by atoms with van der Waals surface area (Å²) in [7, 11) is 1.55. The normalized spacial score (nSPS) is 12.8. The maximum absolute atomic E-state index is 12.2. The number of aliphatic imine (C=N–C) groups is 1. The maximum Gasteiger partial charge on any atom is 0.408 e. The van der Waals surface area contributed by atoms with Gasteiger partial charge in [-0.05, 0) is 44.5 Å². The second-order valence-electron chi connectivity index (χ2n) is 7.31. The molecule has 0 aliphatic carbocycles. The van der Waals surface area contributed by atoms with Crippen LogP contribution in [-0.2, 0) is 4.74 Å². The lowest BCUT2D eigenvalue weighted by Gasteiger charge is -2.23. The number of benzene rings is 2. The van der Waals surface area contributed by atoms with E-state index < -0.39 is 17.7 Å². The molecule has 0 saturated heterocycles. The van der Waals surface area contributed by atoms with Crippen molar-refractivity contribution in [3.8, 4) is 5.75 Å². The van der Waals surface area contributed by atoms with Crippen molar-refractivity contribution in [1.82, 2.24) is 5.32 Å². The van der Waals surface area contributed by atoms with E-state index in [1.165, 1.54) is 0 Å². The van der Waals surface area contributed by atoms with Gasteiger partial charge in [0, 0.05) is 5.69 Å². The van der Waals surface area contributed by atoms with E-state index in [9.17, 15) is 4.79 Å². The summed E-state index contributed by atoms with van der Waals surface area (Å²) in [5.74, 6) is 0.761. The van der Waals surface area contributed by atoms with Gasteiger partial charge in [0.05, 0.1) is 24.7 Å². The molecule has 29 heavy (non-hydrogen) atoms. The summed E-state index contributed by atoms with van der Waals surface area (Å²) < 4.78 is 10.5. The highest BCUT2D eigenvalue weighted by atomic mass is 35.5. The minimum atomic E-state index is -0.594. The third-order valence-corrected chi connectivity index (χ3v) is 4.06. The Labute approximate surface area is 176 Å². The minimum Gasteiger partial charge on any atom is -0.495 e. The number of methoxy groups -OCH3 is 1. The van der Waals surface area contributed by atoms with Gasteiger partial charge in [0.2, 0.25) is 0 Å². The summed E-state index contributed by atoms with van der Waals surface area (Å²) in [6.45, 7) is 5.66. The summed E-state index contributed by atoms with van der Waals surface area (Å²) in [6.07, 6.45) is -0.519. The molecule has 1 atom stereocenters. The topological polar surface area (TPSA) is 98.0 Å². The molecule has 1 amide bonds. The van der Waals surface area contributed by atoms with Crippen LogP contribution in [0.15, 0.2) is 53.5 Å². The average molecular weight is 419 g/mol. The molecular formula is C21H27ClN4O3. The molecule has 0 aromatic heterocycles. The molecule has 0 fully saturated rings. The van der Waals surface area contributed by atoms with Gasteiger partial charge in [-0.15, -0.1) is 0 Å². The van der Waals surface area contributed by atoms with Gasteiger partial charge >= 0.3 is 6.09 Å². The van der Waals surface area contributed by atoms with E-state index in [1.54, 1.807) is 25.3 Å². The van der Waals surface area contributed by atoms with Crippen molar-refractivity contribution in [3.05, 3.63) is 59.1 Å². The molecule has 2 rings (SSSR count). The molecule has 0 aliphatic rings. The van der Waals surface area contributed by atoms with Crippen LogP contribution in [0, 0.1) is 0 Å². The molecule has 2 aromatic rings. The fourth-order valence-corrected chi connectivity index (χ4v) is 2.75. The van der Waals surface area contributed by atoms with E-state index in [1.807, 2.05) is 51.1 Å². The number of nitrogens with one attached hydrogen (secondary N) is 2. The van der Waals surface area contributed by atoms with Gasteiger partial charge < -0.3 is 25.8 Å². The molecule has 0 aliphatic heterocycles. The number of guanidine groups is 1. The zero-order chi connectivity index (χ0) is 21.4. The fourth-order valence-electron chi connectivity index (χ4n) is 2.49. The van der Waals surface area contributed by atoms with E-state index in [0.29, 0.717) is 16.5 Å². The average Bonchev–Trinajstić information content (AvgIpc) is 2.64. The van der Waals surface area contributed by atoms with Crippen molar-refractivity contribution in [2.24, 2.45) is 10.7 Å². The maximum atomic E-state index is 12.2. The monoisotopic (exact) mass is 418 g/mol. The van der Waals surface area contributed by atoms with Crippen molar-refractivity contribution >= 4 is 29.3 Å². The lowest BCUT2D eigenvalue weighted by Crippen LogP contribution is -2.36. The van der Waals surface area contributed by atoms with E-state index in [-0.39, 0.29) is 12.5 Å². The number of ether oxygens (including phenoxy) is 2. The quantitative estimate of drug-likeness (QED) is 0.478. The van der Waals surface area contributed by atoms with E-state index in [4.69, 9.17) is 26.8 Å². The number of carbonyl (C=O) groups is 1. The molecule has 0 spiro atoms. The lowest BCUT2D eigenvalue weighted by molar-refractivity contribution is 0.0505. The fraction of sp³-hybridized carbons (Fsp3) is 0.333. The van der Waals surface area contributed by atoms with Crippen molar-refractivity contribution in [3.63, 3.8) is 0 Å². The standard InChI is InChI=1S/C21H27ClN4O3/c1-21(2,3)29-20(27)26-17(14-8-6-5-7-9-14)13-24-19(23)25-15-10-11-18(28-4)16(22)12-15/h5-12,17H,13H2,1-4H3,(H,26,27)(H3,23,24,25). The summed E-state index contributed by atoms with van der Waals surface area (Å²) in [4.78, 5) is 16.6. The first-order valence-corrected chi connectivity index (χ1v) is 9.50. The highest BCUT2D eigenvalue weighted by Crippen LogP contribution is 2.27. The van der Waals surface area contributed by atoms with Crippen molar-refractivity contribution in [2.45, 2.75) is 32.4 Å². The van der Waals surface area contributed by atoms with Gasteiger partial charge in [-0.2, -0.15) is 0 Å². The molecule has 156 valence electrons. The van der Waals surface area contributed by atoms with E-state index >= 15 is 0 Å². The van der Waals surface area contributed by atoms with Crippen LogP contribution < -0.4 is 21.1 Å². The predicted molar refractivity (Wildman–Crippen MR) is 117 cm³/mol. The zero-order valence-electron chi connectivity index (χ0n) is 17.0. The van der Waals surface area contributed by atoms with Crippen molar-refractivity contribution < 1.29 is 14.3 Å².